The van der Waals surface area contributed by atoms with Crippen LogP contribution in [0.15, 0.2) is 59.5 Å². The van der Waals surface area contributed by atoms with E-state index in [0.717, 1.165) is 12.1 Å². The lowest BCUT2D eigenvalue weighted by atomic mass is 9.88. The molecule has 0 saturated carbocycles. The molecule has 1 N–H and O–H groups in total. The van der Waals surface area contributed by atoms with Crippen LogP contribution in [0.5, 0.6) is 11.6 Å². The van der Waals surface area contributed by atoms with E-state index in [2.05, 4.69) is 14.7 Å². The number of carbonyl (C=O) groups excluding carboxylic acids is 1. The van der Waals surface area contributed by atoms with Gasteiger partial charge in [-0.3, -0.25) is 9.59 Å². The van der Waals surface area contributed by atoms with Crippen molar-refractivity contribution in [3.63, 3.8) is 0 Å². The third-order valence-electron chi connectivity index (χ3n) is 4.39. The Morgan fingerprint density at radius 2 is 1.94 bits per heavy atom. The molecule has 0 bridgehead atoms. The van der Waals surface area contributed by atoms with Gasteiger partial charge in [0.2, 0.25) is 11.4 Å². The van der Waals surface area contributed by atoms with Gasteiger partial charge in [-0.1, -0.05) is 12.1 Å². The van der Waals surface area contributed by atoms with Gasteiger partial charge in [-0.25, -0.2) is 9.37 Å². The molecule has 2 heterocycles. The van der Waals surface area contributed by atoms with Gasteiger partial charge < -0.3 is 14.5 Å². The Hall–Kier alpha value is -3.69. The number of hydrogen-bond donors (Lipinski definition) is 1. The van der Waals surface area contributed by atoms with Gasteiger partial charge in [0.05, 0.1) is 12.8 Å². The van der Waals surface area contributed by atoms with Gasteiger partial charge in [-0.2, -0.15) is 0 Å². The Bertz CT molecular complexity index is 1120. The minimum absolute atomic E-state index is 0.189. The number of ketones is 1. The number of methoxy groups -OCH3 is 1. The number of hydrogen-bond acceptors (Lipinski definition) is 5. The van der Waals surface area contributed by atoms with Gasteiger partial charge in [-0.05, 0) is 29.8 Å². The van der Waals surface area contributed by atoms with Crippen LogP contribution in [0.3, 0.4) is 0 Å². The maximum Gasteiger partial charge on any atom is 0.573 e. The van der Waals surface area contributed by atoms with E-state index < -0.39 is 23.8 Å². The summed E-state index contributed by atoms with van der Waals surface area (Å²) in [5, 5.41) is 0. The molecule has 0 amide bonds. The van der Waals surface area contributed by atoms with Crippen LogP contribution in [0.25, 0.3) is 0 Å². The van der Waals surface area contributed by atoms with Crippen LogP contribution in [-0.4, -0.2) is 29.2 Å². The average molecular weight is 436 g/mol. The molecule has 10 heteroatoms. The highest BCUT2D eigenvalue weighted by atomic mass is 19.4. The summed E-state index contributed by atoms with van der Waals surface area (Å²) in [6.45, 7) is 0. The number of Topliss-reactive ketones (excluding diaryl/α,β-unsaturated/α-hetero) is 1. The number of aromatic amines is 1. The second-order valence-corrected chi connectivity index (χ2v) is 6.46. The van der Waals surface area contributed by atoms with Crippen molar-refractivity contribution in [1.82, 2.24) is 9.97 Å². The third kappa shape index (κ3) is 5.68. The Kier molecular flexibility index (Phi) is 6.38. The molecule has 3 aromatic rings. The van der Waals surface area contributed by atoms with E-state index >= 15 is 0 Å². The number of nitrogens with one attached hydrogen (secondary N) is 1. The molecule has 2 aromatic heterocycles. The number of rotatable bonds is 7. The first kappa shape index (κ1) is 22.0. The minimum Gasteiger partial charge on any atom is -0.481 e. The zero-order chi connectivity index (χ0) is 22.6. The molecule has 0 radical (unpaired) electrons. The van der Waals surface area contributed by atoms with Crippen LogP contribution in [0, 0.1) is 5.82 Å². The molecule has 0 aliphatic heterocycles. The molecule has 0 aliphatic rings. The summed E-state index contributed by atoms with van der Waals surface area (Å²) in [6, 6.07) is 10.3. The van der Waals surface area contributed by atoms with Crippen molar-refractivity contribution >= 4 is 5.78 Å². The number of carbonyl (C=O) groups is 1. The monoisotopic (exact) mass is 436 g/mol. The molecule has 0 saturated heterocycles. The first-order chi connectivity index (χ1) is 14.7. The Morgan fingerprint density at radius 3 is 2.55 bits per heavy atom. The van der Waals surface area contributed by atoms with Crippen molar-refractivity contribution in [3.8, 4) is 11.6 Å². The number of aromatic nitrogens is 2. The number of alkyl halides is 3. The zero-order valence-corrected chi connectivity index (χ0v) is 16.1. The summed E-state index contributed by atoms with van der Waals surface area (Å²) in [6.07, 6.45) is -3.98. The quantitative estimate of drug-likeness (QED) is 0.443. The van der Waals surface area contributed by atoms with E-state index in [4.69, 9.17) is 4.74 Å². The van der Waals surface area contributed by atoms with Crippen molar-refractivity contribution in [1.29, 1.82) is 0 Å². The standard InChI is InChI=1S/C21H16F4N2O4/c1-30-20-4-2-3-16(27-20)14(10-17(28)13-6-8-19(29)26-11-13)12-5-7-18(15(22)9-12)31-21(23,24)25/h2-9,11,14H,10H2,1H3,(H,26,29). The molecule has 162 valence electrons. The molecular formula is C21H16F4N2O4. The number of nitrogens with zero attached hydrogens (tertiary/aromatic N) is 1. The molecule has 0 aliphatic carbocycles. The summed E-state index contributed by atoms with van der Waals surface area (Å²) in [5.41, 5.74) is 0.390. The van der Waals surface area contributed by atoms with Crippen LogP contribution in [0.1, 0.15) is 34.0 Å². The molecule has 3 rings (SSSR count). The highest BCUT2D eigenvalue weighted by Gasteiger charge is 2.32. The Labute approximate surface area is 173 Å². The SMILES string of the molecule is COc1cccc(C(CC(=O)c2ccc(=O)[nH]c2)c2ccc(OC(F)(F)F)c(F)c2)n1. The second-order valence-electron chi connectivity index (χ2n) is 6.46. The van der Waals surface area contributed by atoms with Crippen molar-refractivity contribution in [2.75, 3.05) is 7.11 Å². The predicted octanol–water partition coefficient (Wildman–Crippen LogP) is 4.22. The number of H-pyrrole nitrogens is 1. The van der Waals surface area contributed by atoms with Crippen molar-refractivity contribution in [2.24, 2.45) is 0 Å². The van der Waals surface area contributed by atoms with Gasteiger partial charge in [0.15, 0.2) is 17.3 Å². The van der Waals surface area contributed by atoms with Crippen LogP contribution in [0.4, 0.5) is 17.6 Å². The maximum atomic E-state index is 14.3. The van der Waals surface area contributed by atoms with Crippen LogP contribution >= 0.6 is 0 Å². The summed E-state index contributed by atoms with van der Waals surface area (Å²) >= 11 is 0. The Morgan fingerprint density at radius 1 is 1.16 bits per heavy atom. The fourth-order valence-electron chi connectivity index (χ4n) is 2.96. The number of halogens is 4. The molecule has 0 spiro atoms. The maximum absolute atomic E-state index is 14.3. The lowest BCUT2D eigenvalue weighted by Gasteiger charge is -2.18. The fourth-order valence-corrected chi connectivity index (χ4v) is 2.96. The van der Waals surface area contributed by atoms with Gasteiger partial charge in [-0.15, -0.1) is 13.2 Å². The summed E-state index contributed by atoms with van der Waals surface area (Å²) < 4.78 is 60.4. The lowest BCUT2D eigenvalue weighted by Crippen LogP contribution is -2.18. The second kappa shape index (κ2) is 8.99. The van der Waals surface area contributed by atoms with Crippen LogP contribution < -0.4 is 15.0 Å². The van der Waals surface area contributed by atoms with Crippen molar-refractivity contribution < 1.29 is 31.8 Å². The topological polar surface area (TPSA) is 81.3 Å². The average Bonchev–Trinajstić information content (AvgIpc) is 2.73. The molecule has 31 heavy (non-hydrogen) atoms. The van der Waals surface area contributed by atoms with Gasteiger partial charge >= 0.3 is 6.36 Å². The summed E-state index contributed by atoms with van der Waals surface area (Å²) in [7, 11) is 1.40. The van der Waals surface area contributed by atoms with E-state index in [0.29, 0.717) is 5.69 Å². The molecule has 1 atom stereocenters. The Balaban J connectivity index is 1.99. The van der Waals surface area contributed by atoms with E-state index in [1.54, 1.807) is 18.2 Å². The van der Waals surface area contributed by atoms with E-state index in [1.165, 1.54) is 31.5 Å². The largest absolute Gasteiger partial charge is 0.573 e. The smallest absolute Gasteiger partial charge is 0.481 e. The first-order valence-corrected chi connectivity index (χ1v) is 8.94. The first-order valence-electron chi connectivity index (χ1n) is 8.94. The van der Waals surface area contributed by atoms with Crippen LogP contribution in [-0.2, 0) is 0 Å². The number of ether oxygens (including phenoxy) is 2. The number of benzene rings is 1. The fraction of sp³-hybridized carbons (Fsp3) is 0.190. The highest BCUT2D eigenvalue weighted by molar-refractivity contribution is 5.96. The summed E-state index contributed by atoms with van der Waals surface area (Å²) in [5.74, 6) is -3.16. The van der Waals surface area contributed by atoms with Gasteiger partial charge in [0.1, 0.15) is 0 Å². The molecule has 6 nitrogen and oxygen atoms in total. The predicted molar refractivity (Wildman–Crippen MR) is 102 cm³/mol. The van der Waals surface area contributed by atoms with Gasteiger partial charge in [0.25, 0.3) is 0 Å². The molecule has 1 aromatic carbocycles. The minimum atomic E-state index is -5.05. The van der Waals surface area contributed by atoms with Crippen molar-refractivity contribution in [3.05, 3.63) is 87.7 Å². The highest BCUT2D eigenvalue weighted by Crippen LogP contribution is 2.33. The zero-order valence-electron chi connectivity index (χ0n) is 16.1. The number of pyridine rings is 2. The third-order valence-corrected chi connectivity index (χ3v) is 4.39. The van der Waals surface area contributed by atoms with E-state index in [1.807, 2.05) is 0 Å². The van der Waals surface area contributed by atoms with Crippen molar-refractivity contribution in [2.45, 2.75) is 18.7 Å². The van der Waals surface area contributed by atoms with E-state index in [-0.39, 0.29) is 34.8 Å². The lowest BCUT2D eigenvalue weighted by molar-refractivity contribution is -0.275. The normalized spacial score (nSPS) is 12.3. The molecule has 1 unspecified atom stereocenters. The molecular weight excluding hydrogens is 420 g/mol. The van der Waals surface area contributed by atoms with Gasteiger partial charge in [0, 0.05) is 36.2 Å². The van der Waals surface area contributed by atoms with E-state index in [9.17, 15) is 27.2 Å². The summed E-state index contributed by atoms with van der Waals surface area (Å²) in [4.78, 5) is 30.7. The van der Waals surface area contributed by atoms with Crippen LogP contribution in [0.2, 0.25) is 0 Å². The molecule has 0 fully saturated rings.